The molecule has 1 atom stereocenters. The van der Waals surface area contributed by atoms with E-state index in [0.717, 1.165) is 5.56 Å². The maximum absolute atomic E-state index is 13.6. The van der Waals surface area contributed by atoms with E-state index in [-0.39, 0.29) is 36.9 Å². The highest BCUT2D eigenvalue weighted by molar-refractivity contribution is 6.31. The molecule has 0 saturated heterocycles. The number of aliphatic hydroxyl groups excluding tert-OH is 1. The predicted octanol–water partition coefficient (Wildman–Crippen LogP) is 6.03. The number of aliphatic hydroxyl groups is 1. The second-order valence-electron chi connectivity index (χ2n) is 8.76. The average Bonchev–Trinajstić information content (AvgIpc) is 3.45. The van der Waals surface area contributed by atoms with Gasteiger partial charge in [-0.2, -0.15) is 0 Å². The fourth-order valence-electron chi connectivity index (χ4n) is 4.40. The van der Waals surface area contributed by atoms with Gasteiger partial charge in [-0.25, -0.2) is 4.39 Å². The minimum Gasteiger partial charge on any atom is -0.503 e. The smallest absolute Gasteiger partial charge is 0.290 e. The van der Waals surface area contributed by atoms with Crippen LogP contribution < -0.4 is 4.74 Å². The molecule has 0 bridgehead atoms. The Labute approximate surface area is 222 Å². The highest BCUT2D eigenvalue weighted by atomic mass is 35.5. The van der Waals surface area contributed by atoms with Crippen molar-refractivity contribution in [1.82, 2.24) is 4.90 Å². The summed E-state index contributed by atoms with van der Waals surface area (Å²) in [5.41, 5.74) is 1.76. The quantitative estimate of drug-likeness (QED) is 0.263. The number of ketones is 1. The summed E-state index contributed by atoms with van der Waals surface area (Å²) in [6.07, 6.45) is 0. The van der Waals surface area contributed by atoms with Crippen LogP contribution in [0.2, 0.25) is 5.02 Å². The number of hydrogen-bond acceptors (Lipinski definition) is 6. The lowest BCUT2D eigenvalue weighted by Gasteiger charge is -2.26. The number of carbonyl (C=O) groups is 2. The van der Waals surface area contributed by atoms with Gasteiger partial charge in [0.25, 0.3) is 5.91 Å². The number of methoxy groups -OCH3 is 1. The fraction of sp³-hybridized carbons (Fsp3) is 0.172. The maximum atomic E-state index is 13.6. The molecule has 2 heterocycles. The molecule has 1 unspecified atom stereocenters. The minimum absolute atomic E-state index is 0.0190. The van der Waals surface area contributed by atoms with Crippen molar-refractivity contribution >= 4 is 34.3 Å². The van der Waals surface area contributed by atoms with Gasteiger partial charge in [-0.15, -0.1) is 0 Å². The van der Waals surface area contributed by atoms with Crippen LogP contribution in [0.3, 0.4) is 0 Å². The topological polar surface area (TPSA) is 89.2 Å². The van der Waals surface area contributed by atoms with Gasteiger partial charge in [0.1, 0.15) is 23.8 Å². The monoisotopic (exact) mass is 535 g/mol. The molecule has 0 fully saturated rings. The lowest BCUT2D eigenvalue weighted by atomic mass is 9.95. The highest BCUT2D eigenvalue weighted by Gasteiger charge is 2.44. The Morgan fingerprint density at radius 3 is 2.53 bits per heavy atom. The summed E-state index contributed by atoms with van der Waals surface area (Å²) in [6.45, 7) is 0.598. The number of hydrogen-bond donors (Lipinski definition) is 1. The zero-order valence-electron chi connectivity index (χ0n) is 20.3. The van der Waals surface area contributed by atoms with E-state index in [1.54, 1.807) is 54.6 Å². The van der Waals surface area contributed by atoms with Crippen LogP contribution in [0.15, 0.2) is 88.5 Å². The van der Waals surface area contributed by atoms with Crippen molar-refractivity contribution < 1.29 is 33.0 Å². The molecule has 1 amide bonds. The van der Waals surface area contributed by atoms with Gasteiger partial charge in [-0.05, 0) is 59.7 Å². The van der Waals surface area contributed by atoms with Crippen LogP contribution in [0.4, 0.5) is 4.39 Å². The molecule has 5 rings (SSSR count). The van der Waals surface area contributed by atoms with E-state index in [9.17, 15) is 19.1 Å². The van der Waals surface area contributed by atoms with Gasteiger partial charge >= 0.3 is 0 Å². The molecule has 3 aromatic carbocycles. The van der Waals surface area contributed by atoms with E-state index < -0.39 is 23.5 Å². The van der Waals surface area contributed by atoms with Crippen molar-refractivity contribution in [3.8, 4) is 5.75 Å². The molecule has 7 nitrogen and oxygen atoms in total. The minimum atomic E-state index is -0.868. The van der Waals surface area contributed by atoms with Crippen molar-refractivity contribution in [2.45, 2.75) is 12.6 Å². The van der Waals surface area contributed by atoms with Gasteiger partial charge < -0.3 is 23.9 Å². The average molecular weight is 536 g/mol. The summed E-state index contributed by atoms with van der Waals surface area (Å²) >= 11 is 6.06. The first-order valence-corrected chi connectivity index (χ1v) is 12.2. The number of amides is 1. The standard InChI is InChI=1S/C29H23ClFNO6/c1-36-13-12-32-26(18-4-9-22(10-5-18)37-16-17-2-7-21(31)8-3-17)25(28(34)29(32)35)27(33)24-15-19-14-20(30)6-11-23(19)38-24/h2-11,14-15,26,34H,12-13,16H2,1H3. The lowest BCUT2D eigenvalue weighted by molar-refractivity contribution is -0.130. The van der Waals surface area contributed by atoms with E-state index in [1.807, 2.05) is 0 Å². The SMILES string of the molecule is COCCN1C(=O)C(O)=C(C(=O)c2cc3cc(Cl)ccc3o2)C1c1ccc(OCc2ccc(F)cc2)cc1. The molecule has 1 aromatic heterocycles. The molecule has 38 heavy (non-hydrogen) atoms. The molecule has 1 aliphatic heterocycles. The van der Waals surface area contributed by atoms with Crippen LogP contribution in [0.5, 0.6) is 5.75 Å². The molecular weight excluding hydrogens is 513 g/mol. The van der Waals surface area contributed by atoms with Crippen molar-refractivity contribution in [2.24, 2.45) is 0 Å². The molecule has 194 valence electrons. The van der Waals surface area contributed by atoms with E-state index in [2.05, 4.69) is 0 Å². The van der Waals surface area contributed by atoms with E-state index in [1.165, 1.54) is 30.2 Å². The molecule has 0 aliphatic carbocycles. The van der Waals surface area contributed by atoms with Crippen molar-refractivity contribution in [2.75, 3.05) is 20.3 Å². The zero-order chi connectivity index (χ0) is 26.8. The summed E-state index contributed by atoms with van der Waals surface area (Å²) in [7, 11) is 1.50. The molecule has 0 spiro atoms. The summed E-state index contributed by atoms with van der Waals surface area (Å²) < 4.78 is 29.8. The zero-order valence-corrected chi connectivity index (χ0v) is 21.1. The van der Waals surface area contributed by atoms with E-state index >= 15 is 0 Å². The Morgan fingerprint density at radius 1 is 1.08 bits per heavy atom. The van der Waals surface area contributed by atoms with Crippen molar-refractivity contribution in [3.63, 3.8) is 0 Å². The van der Waals surface area contributed by atoms with Crippen LogP contribution in [0.1, 0.15) is 27.7 Å². The first-order chi connectivity index (χ1) is 18.4. The Hall–Kier alpha value is -4.14. The molecule has 1 N–H and O–H groups in total. The van der Waals surface area contributed by atoms with Gasteiger partial charge in [-0.1, -0.05) is 35.9 Å². The number of rotatable bonds is 9. The highest BCUT2D eigenvalue weighted by Crippen LogP contribution is 2.40. The first kappa shape index (κ1) is 25.5. The number of benzene rings is 3. The number of carbonyl (C=O) groups excluding carboxylic acids is 2. The summed E-state index contributed by atoms with van der Waals surface area (Å²) in [5, 5.41) is 11.9. The normalized spacial score (nSPS) is 15.5. The Balaban J connectivity index is 1.44. The maximum Gasteiger partial charge on any atom is 0.290 e. The van der Waals surface area contributed by atoms with Gasteiger partial charge in [0.15, 0.2) is 11.5 Å². The van der Waals surface area contributed by atoms with Gasteiger partial charge in [0.05, 0.1) is 18.2 Å². The van der Waals surface area contributed by atoms with Crippen molar-refractivity contribution in [1.29, 1.82) is 0 Å². The van der Waals surface area contributed by atoms with Crippen molar-refractivity contribution in [3.05, 3.63) is 112 Å². The summed E-state index contributed by atoms with van der Waals surface area (Å²) in [4.78, 5) is 28.0. The number of nitrogens with zero attached hydrogens (tertiary/aromatic N) is 1. The van der Waals surface area contributed by atoms with E-state index in [4.69, 9.17) is 25.5 Å². The number of halogens is 2. The third-order valence-corrected chi connectivity index (χ3v) is 6.54. The number of fused-ring (bicyclic) bond motifs is 1. The van der Waals surface area contributed by atoms with Gasteiger partial charge in [0, 0.05) is 24.1 Å². The number of ether oxygens (including phenoxy) is 2. The van der Waals surface area contributed by atoms with Gasteiger partial charge in [-0.3, -0.25) is 9.59 Å². The number of furan rings is 1. The van der Waals surface area contributed by atoms with Crippen LogP contribution in [0.25, 0.3) is 11.0 Å². The number of Topliss-reactive ketones (excluding diaryl/α,β-unsaturated/α-hetero) is 1. The van der Waals surface area contributed by atoms with E-state index in [0.29, 0.717) is 27.3 Å². The van der Waals surface area contributed by atoms with Crippen LogP contribution >= 0.6 is 11.6 Å². The molecule has 4 aromatic rings. The fourth-order valence-corrected chi connectivity index (χ4v) is 4.59. The summed E-state index contributed by atoms with van der Waals surface area (Å²) in [6, 6.07) is 18.5. The van der Waals surface area contributed by atoms with Gasteiger partial charge in [0.2, 0.25) is 5.78 Å². The van der Waals surface area contributed by atoms with Crippen LogP contribution in [-0.4, -0.2) is 42.0 Å². The molecule has 9 heteroatoms. The van der Waals surface area contributed by atoms with Crippen LogP contribution in [0, 0.1) is 5.82 Å². The molecule has 0 saturated carbocycles. The Kier molecular flexibility index (Phi) is 7.18. The first-order valence-electron chi connectivity index (χ1n) is 11.8. The Bertz CT molecular complexity index is 1530. The largest absolute Gasteiger partial charge is 0.503 e. The second kappa shape index (κ2) is 10.7. The second-order valence-corrected chi connectivity index (χ2v) is 9.20. The lowest BCUT2D eigenvalue weighted by Crippen LogP contribution is -2.33. The predicted molar refractivity (Wildman–Crippen MR) is 139 cm³/mol. The Morgan fingerprint density at radius 2 is 1.82 bits per heavy atom. The van der Waals surface area contributed by atoms with Crippen LogP contribution in [-0.2, 0) is 16.1 Å². The molecular formula is C29H23ClFNO6. The third-order valence-electron chi connectivity index (χ3n) is 6.30. The molecule has 0 radical (unpaired) electrons. The summed E-state index contributed by atoms with van der Waals surface area (Å²) in [5.74, 6) is -1.71. The molecule has 1 aliphatic rings. The third kappa shape index (κ3) is 5.01.